The average molecular weight is 541 g/mol. The number of hydrogen-bond acceptors (Lipinski definition) is 8. The van der Waals surface area contributed by atoms with Gasteiger partial charge in [-0.15, -0.1) is 10.2 Å². The Hall–Kier alpha value is -2.85. The molecule has 3 aromatic carbocycles. The van der Waals surface area contributed by atoms with Crippen LogP contribution in [-0.4, -0.2) is 28.1 Å². The molecule has 6 nitrogen and oxygen atoms in total. The first-order chi connectivity index (χ1) is 17.1. The van der Waals surface area contributed by atoms with Gasteiger partial charge in [0.2, 0.25) is 0 Å². The van der Waals surface area contributed by atoms with Crippen LogP contribution in [0.2, 0.25) is 5.02 Å². The van der Waals surface area contributed by atoms with Gasteiger partial charge in [-0.25, -0.2) is 5.43 Å². The first-order valence-electron chi connectivity index (χ1n) is 10.6. The predicted octanol–water partition coefficient (Wildman–Crippen LogP) is 6.31. The molecule has 0 saturated heterocycles. The summed E-state index contributed by atoms with van der Waals surface area (Å²) in [7, 11) is 0. The van der Waals surface area contributed by atoms with Crippen LogP contribution in [0.4, 0.5) is 0 Å². The summed E-state index contributed by atoms with van der Waals surface area (Å²) < 4.78 is 7.38. The predicted molar refractivity (Wildman–Crippen MR) is 145 cm³/mol. The van der Waals surface area contributed by atoms with Crippen LogP contribution in [0, 0.1) is 0 Å². The third-order valence-electron chi connectivity index (χ3n) is 4.52. The molecule has 4 rings (SSSR count). The quantitative estimate of drug-likeness (QED) is 0.136. The van der Waals surface area contributed by atoms with E-state index in [1.54, 1.807) is 18.0 Å². The monoisotopic (exact) mass is 540 g/mol. The second kappa shape index (κ2) is 13.3. The average Bonchev–Trinajstić information content (AvgIpc) is 3.35. The molecule has 0 fully saturated rings. The minimum absolute atomic E-state index is 0.208. The van der Waals surface area contributed by atoms with Crippen LogP contribution in [0.15, 0.2) is 92.6 Å². The van der Waals surface area contributed by atoms with Crippen molar-refractivity contribution in [2.75, 3.05) is 5.75 Å². The van der Waals surface area contributed by atoms with Crippen molar-refractivity contribution in [3.63, 3.8) is 0 Å². The number of rotatable bonds is 11. The minimum atomic E-state index is -0.209. The lowest BCUT2D eigenvalue weighted by Crippen LogP contribution is -2.19. The Balaban J connectivity index is 1.15. The van der Waals surface area contributed by atoms with E-state index in [2.05, 4.69) is 20.7 Å². The Morgan fingerprint density at radius 2 is 1.66 bits per heavy atom. The second-order valence-corrected chi connectivity index (χ2v) is 11.0. The summed E-state index contributed by atoms with van der Waals surface area (Å²) in [6.07, 6.45) is 1.60. The van der Waals surface area contributed by atoms with E-state index in [0.29, 0.717) is 6.61 Å². The van der Waals surface area contributed by atoms with Gasteiger partial charge >= 0.3 is 0 Å². The third kappa shape index (κ3) is 8.70. The van der Waals surface area contributed by atoms with Crippen molar-refractivity contribution in [3.05, 3.63) is 101 Å². The third-order valence-corrected chi connectivity index (χ3v) is 8.03. The number of benzene rings is 3. The fraction of sp³-hybridized carbons (Fsp3) is 0.120. The zero-order valence-electron chi connectivity index (χ0n) is 18.5. The van der Waals surface area contributed by atoms with E-state index in [0.717, 1.165) is 41.9 Å². The molecule has 1 heterocycles. The Kier molecular flexibility index (Phi) is 9.59. The highest BCUT2D eigenvalue weighted by atomic mass is 35.5. The van der Waals surface area contributed by atoms with Gasteiger partial charge < -0.3 is 4.74 Å². The molecule has 0 aliphatic heterocycles. The van der Waals surface area contributed by atoms with E-state index in [1.807, 2.05) is 78.9 Å². The van der Waals surface area contributed by atoms with Gasteiger partial charge in [-0.3, -0.25) is 4.79 Å². The van der Waals surface area contributed by atoms with Crippen LogP contribution in [0.3, 0.4) is 0 Å². The van der Waals surface area contributed by atoms with Crippen LogP contribution in [0.5, 0.6) is 5.75 Å². The first-order valence-corrected chi connectivity index (χ1v) is 13.7. The number of nitrogens with one attached hydrogen (secondary N) is 1. The molecule has 4 aromatic rings. The van der Waals surface area contributed by atoms with E-state index in [9.17, 15) is 4.79 Å². The van der Waals surface area contributed by atoms with Gasteiger partial charge in [0.1, 0.15) is 12.4 Å². The highest BCUT2D eigenvalue weighted by Gasteiger charge is 2.09. The molecule has 0 unspecified atom stereocenters. The van der Waals surface area contributed by atoms with Crippen molar-refractivity contribution in [3.8, 4) is 5.75 Å². The highest BCUT2D eigenvalue weighted by molar-refractivity contribution is 8.03. The molecule has 35 heavy (non-hydrogen) atoms. The van der Waals surface area contributed by atoms with Gasteiger partial charge in [0.15, 0.2) is 8.68 Å². The number of hydrogen-bond donors (Lipinski definition) is 1. The van der Waals surface area contributed by atoms with Crippen molar-refractivity contribution in [1.29, 1.82) is 0 Å². The van der Waals surface area contributed by atoms with E-state index >= 15 is 0 Å². The maximum atomic E-state index is 12.1. The highest BCUT2D eigenvalue weighted by Crippen LogP contribution is 2.30. The van der Waals surface area contributed by atoms with Crippen LogP contribution in [0.25, 0.3) is 0 Å². The number of aromatic nitrogens is 2. The summed E-state index contributed by atoms with van der Waals surface area (Å²) in [5.41, 5.74) is 5.67. The normalized spacial score (nSPS) is 11.0. The Morgan fingerprint density at radius 1 is 0.943 bits per heavy atom. The lowest BCUT2D eigenvalue weighted by atomic mass is 10.2. The van der Waals surface area contributed by atoms with Crippen LogP contribution >= 0.6 is 46.5 Å². The number of hydrazone groups is 1. The molecule has 1 N–H and O–H groups in total. The number of carbonyl (C=O) groups is 1. The van der Waals surface area contributed by atoms with Crippen LogP contribution < -0.4 is 10.2 Å². The number of nitrogens with zero attached hydrogens (tertiary/aromatic N) is 3. The molecule has 0 atom stereocenters. The van der Waals surface area contributed by atoms with Crippen molar-refractivity contribution in [1.82, 2.24) is 15.6 Å². The Bertz CT molecular complexity index is 1250. The number of amides is 1. The second-order valence-electron chi connectivity index (χ2n) is 7.17. The maximum absolute atomic E-state index is 12.1. The Labute approximate surface area is 221 Å². The fourth-order valence-electron chi connectivity index (χ4n) is 2.77. The van der Waals surface area contributed by atoms with Gasteiger partial charge in [-0.05, 0) is 53.1 Å². The van der Waals surface area contributed by atoms with E-state index in [1.165, 1.54) is 23.1 Å². The van der Waals surface area contributed by atoms with Crippen LogP contribution in [-0.2, 0) is 17.2 Å². The van der Waals surface area contributed by atoms with Gasteiger partial charge in [-0.2, -0.15) is 5.10 Å². The molecule has 0 saturated carbocycles. The van der Waals surface area contributed by atoms with Crippen molar-refractivity contribution in [2.24, 2.45) is 5.10 Å². The molecule has 10 heteroatoms. The zero-order valence-corrected chi connectivity index (χ0v) is 21.7. The molecule has 0 aliphatic carbocycles. The minimum Gasteiger partial charge on any atom is -0.489 e. The lowest BCUT2D eigenvalue weighted by molar-refractivity contribution is -0.118. The van der Waals surface area contributed by atoms with Gasteiger partial charge in [0.25, 0.3) is 5.91 Å². The number of thioether (sulfide) groups is 2. The molecular formula is C25H21ClN4O2S3. The molecule has 0 bridgehead atoms. The largest absolute Gasteiger partial charge is 0.489 e. The summed E-state index contributed by atoms with van der Waals surface area (Å²) in [5.74, 6) is 1.56. The smallest absolute Gasteiger partial charge is 0.250 e. The van der Waals surface area contributed by atoms with E-state index in [-0.39, 0.29) is 11.7 Å². The molecular weight excluding hydrogens is 520 g/mol. The number of halogens is 1. The molecule has 178 valence electrons. The SMILES string of the molecule is O=C(CSc1nnc(SCc2ccc(Cl)cc2)s1)N/N=C/c1ccc(OCc2ccccc2)cc1. The summed E-state index contributed by atoms with van der Waals surface area (Å²) in [6.45, 7) is 0.513. The van der Waals surface area contributed by atoms with Crippen molar-refractivity contribution in [2.45, 2.75) is 21.0 Å². The van der Waals surface area contributed by atoms with E-state index in [4.69, 9.17) is 16.3 Å². The standard InChI is InChI=1S/C25H21ClN4O2S3/c26-21-10-6-20(7-11-21)16-33-24-29-30-25(35-24)34-17-23(31)28-27-14-18-8-12-22(13-9-18)32-15-19-4-2-1-3-5-19/h1-14H,15-17H2,(H,28,31)/b27-14+. The maximum Gasteiger partial charge on any atom is 0.250 e. The van der Waals surface area contributed by atoms with Crippen LogP contribution in [0.1, 0.15) is 16.7 Å². The van der Waals surface area contributed by atoms with Crippen molar-refractivity contribution < 1.29 is 9.53 Å². The summed E-state index contributed by atoms with van der Waals surface area (Å²) in [5, 5.41) is 13.1. The molecule has 0 aliphatic rings. The summed E-state index contributed by atoms with van der Waals surface area (Å²) in [6, 6.07) is 25.2. The first kappa shape index (κ1) is 25.2. The molecule has 0 radical (unpaired) electrons. The van der Waals surface area contributed by atoms with Gasteiger partial charge in [0.05, 0.1) is 12.0 Å². The number of ether oxygens (including phenoxy) is 1. The summed E-state index contributed by atoms with van der Waals surface area (Å²) >= 11 is 10.3. The van der Waals surface area contributed by atoms with Gasteiger partial charge in [0, 0.05) is 10.8 Å². The van der Waals surface area contributed by atoms with Gasteiger partial charge in [-0.1, -0.05) is 88.9 Å². The summed E-state index contributed by atoms with van der Waals surface area (Å²) in [4.78, 5) is 12.1. The Morgan fingerprint density at radius 3 is 2.40 bits per heavy atom. The zero-order chi connectivity index (χ0) is 24.3. The van der Waals surface area contributed by atoms with E-state index < -0.39 is 0 Å². The molecule has 1 aromatic heterocycles. The lowest BCUT2D eigenvalue weighted by Gasteiger charge is -2.06. The van der Waals surface area contributed by atoms with Crippen molar-refractivity contribution >= 4 is 58.6 Å². The molecule has 1 amide bonds. The topological polar surface area (TPSA) is 76.5 Å². The fourth-order valence-corrected chi connectivity index (χ4v) is 5.66. The number of carbonyl (C=O) groups excluding carboxylic acids is 1. The molecule has 0 spiro atoms.